The number of pyridine rings is 1. The molecule has 0 aliphatic heterocycles. The minimum absolute atomic E-state index is 0.00732. The van der Waals surface area contributed by atoms with Crippen LogP contribution in [0.3, 0.4) is 0 Å². The van der Waals surface area contributed by atoms with Crippen molar-refractivity contribution in [2.75, 3.05) is 12.3 Å². The molecule has 0 bridgehead atoms. The van der Waals surface area contributed by atoms with Gasteiger partial charge in [-0.3, -0.25) is 0 Å². The van der Waals surface area contributed by atoms with E-state index in [1.807, 2.05) is 0 Å². The maximum absolute atomic E-state index is 12.2. The number of hydrogen-bond donors (Lipinski definition) is 2. The third kappa shape index (κ3) is 3.98. The van der Waals surface area contributed by atoms with Crippen molar-refractivity contribution in [3.05, 3.63) is 17.2 Å². The minimum Gasteiger partial charge on any atom is -0.462 e. The van der Waals surface area contributed by atoms with Crippen LogP contribution in [0.4, 0.5) is 19.0 Å². The van der Waals surface area contributed by atoms with E-state index in [-0.39, 0.29) is 24.5 Å². The molecule has 0 fully saturated rings. The van der Waals surface area contributed by atoms with E-state index in [4.69, 9.17) is 11.5 Å². The quantitative estimate of drug-likeness (QED) is 0.803. The second kappa shape index (κ2) is 5.74. The van der Waals surface area contributed by atoms with Crippen molar-refractivity contribution in [3.8, 4) is 5.88 Å². The molecule has 0 saturated heterocycles. The molecule has 0 radical (unpaired) electrons. The molecule has 9 heteroatoms. The lowest BCUT2D eigenvalue weighted by molar-refractivity contribution is -0.276. The van der Waals surface area contributed by atoms with E-state index in [9.17, 15) is 18.0 Å². The number of nitrogen functional groups attached to an aromatic ring is 1. The summed E-state index contributed by atoms with van der Waals surface area (Å²) in [5.74, 6) is -2.20. The number of aromatic nitrogens is 1. The Morgan fingerprint density at radius 2 is 2.11 bits per heavy atom. The first-order valence-electron chi connectivity index (χ1n) is 5.20. The molecule has 19 heavy (non-hydrogen) atoms. The maximum atomic E-state index is 12.2. The standard InChI is InChI=1S/C10H12F3N3O3/c1-2-18-9(17)6-3-5(4-14)7(15)16-8(6)19-10(11,12)13/h3H,2,4,14H2,1H3,(H2,15,16). The number of carbonyl (C=O) groups is 1. The molecular weight excluding hydrogens is 267 g/mol. The van der Waals surface area contributed by atoms with Crippen molar-refractivity contribution in [1.82, 2.24) is 4.98 Å². The molecule has 1 aromatic rings. The highest BCUT2D eigenvalue weighted by molar-refractivity contribution is 5.92. The summed E-state index contributed by atoms with van der Waals surface area (Å²) in [4.78, 5) is 14.9. The fraction of sp³-hybridized carbons (Fsp3) is 0.400. The van der Waals surface area contributed by atoms with Crippen LogP contribution in [0.15, 0.2) is 6.07 Å². The van der Waals surface area contributed by atoms with Crippen LogP contribution in [-0.2, 0) is 11.3 Å². The molecule has 6 nitrogen and oxygen atoms in total. The van der Waals surface area contributed by atoms with Gasteiger partial charge in [-0.15, -0.1) is 13.2 Å². The Morgan fingerprint density at radius 3 is 2.58 bits per heavy atom. The number of carbonyl (C=O) groups excluding carboxylic acids is 1. The first-order chi connectivity index (χ1) is 8.78. The SMILES string of the molecule is CCOC(=O)c1cc(CN)c(N)nc1OC(F)(F)F. The number of esters is 1. The smallest absolute Gasteiger partial charge is 0.462 e. The Kier molecular flexibility index (Phi) is 4.54. The van der Waals surface area contributed by atoms with E-state index in [0.717, 1.165) is 6.07 Å². The molecule has 1 heterocycles. The first kappa shape index (κ1) is 15.0. The van der Waals surface area contributed by atoms with E-state index in [1.165, 1.54) is 6.92 Å². The van der Waals surface area contributed by atoms with Crippen LogP contribution in [-0.4, -0.2) is 23.9 Å². The van der Waals surface area contributed by atoms with E-state index in [1.54, 1.807) is 0 Å². The van der Waals surface area contributed by atoms with Crippen LogP contribution in [0.25, 0.3) is 0 Å². The Bertz CT molecular complexity index is 477. The summed E-state index contributed by atoms with van der Waals surface area (Å²) in [7, 11) is 0. The molecule has 0 saturated carbocycles. The van der Waals surface area contributed by atoms with Crippen LogP contribution in [0.1, 0.15) is 22.8 Å². The number of alkyl halides is 3. The van der Waals surface area contributed by atoms with Crippen LogP contribution in [0.2, 0.25) is 0 Å². The van der Waals surface area contributed by atoms with Gasteiger partial charge in [-0.2, -0.15) is 4.98 Å². The van der Waals surface area contributed by atoms with Crippen LogP contribution in [0.5, 0.6) is 5.88 Å². The average molecular weight is 279 g/mol. The number of halogens is 3. The molecule has 1 aromatic heterocycles. The van der Waals surface area contributed by atoms with Crippen molar-refractivity contribution in [2.24, 2.45) is 5.73 Å². The molecule has 0 unspecified atom stereocenters. The predicted octanol–water partition coefficient (Wildman–Crippen LogP) is 1.20. The molecular formula is C10H12F3N3O3. The van der Waals surface area contributed by atoms with Gasteiger partial charge >= 0.3 is 12.3 Å². The van der Waals surface area contributed by atoms with Gasteiger partial charge in [0.05, 0.1) is 6.61 Å². The molecule has 106 valence electrons. The summed E-state index contributed by atoms with van der Waals surface area (Å²) in [6.45, 7) is 1.42. The molecule has 0 spiro atoms. The van der Waals surface area contributed by atoms with Gasteiger partial charge in [0.15, 0.2) is 0 Å². The van der Waals surface area contributed by atoms with Gasteiger partial charge in [-0.1, -0.05) is 0 Å². The van der Waals surface area contributed by atoms with E-state index in [2.05, 4.69) is 14.5 Å². The number of hydrogen-bond acceptors (Lipinski definition) is 6. The van der Waals surface area contributed by atoms with E-state index < -0.39 is 23.8 Å². The van der Waals surface area contributed by atoms with Crippen molar-refractivity contribution >= 4 is 11.8 Å². The predicted molar refractivity (Wildman–Crippen MR) is 59.2 cm³/mol. The third-order valence-corrected chi connectivity index (χ3v) is 2.03. The molecule has 0 amide bonds. The molecule has 0 aliphatic rings. The molecule has 0 aliphatic carbocycles. The molecule has 0 atom stereocenters. The van der Waals surface area contributed by atoms with Gasteiger partial charge < -0.3 is 20.9 Å². The zero-order valence-corrected chi connectivity index (χ0v) is 9.95. The molecule has 1 rings (SSSR count). The fourth-order valence-electron chi connectivity index (χ4n) is 1.26. The van der Waals surface area contributed by atoms with Gasteiger partial charge in [0.1, 0.15) is 11.4 Å². The summed E-state index contributed by atoms with van der Waals surface area (Å²) >= 11 is 0. The second-order valence-corrected chi connectivity index (χ2v) is 3.36. The second-order valence-electron chi connectivity index (χ2n) is 3.36. The Hall–Kier alpha value is -2.03. The topological polar surface area (TPSA) is 100 Å². The molecule has 4 N–H and O–H groups in total. The summed E-state index contributed by atoms with van der Waals surface area (Å²) < 4.78 is 44.9. The van der Waals surface area contributed by atoms with Crippen molar-refractivity contribution in [1.29, 1.82) is 0 Å². The van der Waals surface area contributed by atoms with Gasteiger partial charge in [-0.25, -0.2) is 4.79 Å². The number of ether oxygens (including phenoxy) is 2. The van der Waals surface area contributed by atoms with Crippen molar-refractivity contribution in [2.45, 2.75) is 19.8 Å². The zero-order chi connectivity index (χ0) is 14.6. The highest BCUT2D eigenvalue weighted by Gasteiger charge is 2.34. The lowest BCUT2D eigenvalue weighted by atomic mass is 10.2. The normalized spacial score (nSPS) is 11.2. The van der Waals surface area contributed by atoms with Gasteiger partial charge in [0, 0.05) is 12.1 Å². The lowest BCUT2D eigenvalue weighted by Gasteiger charge is -2.13. The summed E-state index contributed by atoms with van der Waals surface area (Å²) in [6.07, 6.45) is -5.00. The zero-order valence-electron chi connectivity index (χ0n) is 9.95. The van der Waals surface area contributed by atoms with Crippen LogP contribution < -0.4 is 16.2 Å². The Balaban J connectivity index is 3.26. The monoisotopic (exact) mass is 279 g/mol. The number of rotatable bonds is 4. The highest BCUT2D eigenvalue weighted by atomic mass is 19.4. The summed E-state index contributed by atoms with van der Waals surface area (Å²) in [6, 6.07) is 1.07. The third-order valence-electron chi connectivity index (χ3n) is 2.03. The number of anilines is 1. The largest absolute Gasteiger partial charge is 0.574 e. The number of nitrogens with zero attached hydrogens (tertiary/aromatic N) is 1. The fourth-order valence-corrected chi connectivity index (χ4v) is 1.26. The molecule has 0 aromatic carbocycles. The Labute approximate surface area is 106 Å². The first-order valence-corrected chi connectivity index (χ1v) is 5.20. The van der Waals surface area contributed by atoms with Crippen LogP contribution >= 0.6 is 0 Å². The van der Waals surface area contributed by atoms with Gasteiger partial charge in [-0.05, 0) is 13.0 Å². The van der Waals surface area contributed by atoms with Crippen molar-refractivity contribution in [3.63, 3.8) is 0 Å². The highest BCUT2D eigenvalue weighted by Crippen LogP contribution is 2.27. The van der Waals surface area contributed by atoms with E-state index >= 15 is 0 Å². The summed E-state index contributed by atoms with van der Waals surface area (Å²) in [5, 5.41) is 0. The average Bonchev–Trinajstić information content (AvgIpc) is 2.27. The van der Waals surface area contributed by atoms with Crippen LogP contribution in [0, 0.1) is 0 Å². The van der Waals surface area contributed by atoms with Gasteiger partial charge in [0.25, 0.3) is 0 Å². The Morgan fingerprint density at radius 1 is 1.47 bits per heavy atom. The van der Waals surface area contributed by atoms with Gasteiger partial charge in [0.2, 0.25) is 5.88 Å². The number of nitrogens with two attached hydrogens (primary N) is 2. The van der Waals surface area contributed by atoms with Crippen molar-refractivity contribution < 1.29 is 27.4 Å². The lowest BCUT2D eigenvalue weighted by Crippen LogP contribution is -2.21. The minimum atomic E-state index is -5.00. The summed E-state index contributed by atoms with van der Waals surface area (Å²) in [5.41, 5.74) is 10.5. The maximum Gasteiger partial charge on any atom is 0.574 e. The van der Waals surface area contributed by atoms with E-state index in [0.29, 0.717) is 0 Å².